The maximum Gasteiger partial charge on any atom is 0.410 e. The lowest BCUT2D eigenvalue weighted by atomic mass is 10.0. The van der Waals surface area contributed by atoms with Gasteiger partial charge in [-0.05, 0) is 64.1 Å². The van der Waals surface area contributed by atoms with Gasteiger partial charge in [-0.1, -0.05) is 11.2 Å². The Hall–Kier alpha value is -4.16. The van der Waals surface area contributed by atoms with Gasteiger partial charge < -0.3 is 24.6 Å². The van der Waals surface area contributed by atoms with Gasteiger partial charge in [-0.15, -0.1) is 0 Å². The van der Waals surface area contributed by atoms with Crippen LogP contribution in [0.2, 0.25) is 0 Å². The van der Waals surface area contributed by atoms with E-state index in [-0.39, 0.29) is 50.1 Å². The van der Waals surface area contributed by atoms with Crippen molar-refractivity contribution < 1.29 is 33.4 Å². The second-order valence-electron chi connectivity index (χ2n) is 11.1. The van der Waals surface area contributed by atoms with Crippen LogP contribution in [0.5, 0.6) is 0 Å². The Labute approximate surface area is 244 Å². The van der Waals surface area contributed by atoms with Crippen LogP contribution < -0.4 is 10.6 Å². The normalized spacial score (nSPS) is 16.4. The molecule has 0 spiro atoms. The van der Waals surface area contributed by atoms with E-state index < -0.39 is 23.6 Å². The number of amides is 5. The number of ether oxygens (including phenoxy) is 2. The number of nitrogens with zero attached hydrogens (tertiary/aromatic N) is 5. The molecule has 14 heteroatoms. The number of unbranched alkanes of at least 4 members (excludes halogenated alkanes) is 1. The molecule has 0 bridgehead atoms. The molecule has 2 aliphatic heterocycles. The molecule has 0 aliphatic carbocycles. The zero-order chi connectivity index (χ0) is 30.7. The van der Waals surface area contributed by atoms with Crippen molar-refractivity contribution in [3.8, 4) is 0 Å². The quantitative estimate of drug-likeness (QED) is 0.110. The Morgan fingerprint density at radius 2 is 1.93 bits per heavy atom. The summed E-state index contributed by atoms with van der Waals surface area (Å²) in [6.07, 6.45) is 1.89. The lowest BCUT2D eigenvalue weighted by Gasteiger charge is -2.29. The Bertz CT molecular complexity index is 1220. The molecule has 1 atom stereocenters. The minimum Gasteiger partial charge on any atom is -0.444 e. The van der Waals surface area contributed by atoms with Gasteiger partial charge in [0.15, 0.2) is 0 Å². The molecule has 42 heavy (non-hydrogen) atoms. The monoisotopic (exact) mass is 585 g/mol. The van der Waals surface area contributed by atoms with E-state index in [1.807, 2.05) is 0 Å². The summed E-state index contributed by atoms with van der Waals surface area (Å²) in [4.78, 5) is 68.3. The number of carbonyl (C=O) groups excluding carboxylic acids is 5. The molecule has 2 aliphatic rings. The average Bonchev–Trinajstić information content (AvgIpc) is 3.25. The molecule has 1 fully saturated rings. The zero-order valence-electron chi connectivity index (χ0n) is 24.4. The van der Waals surface area contributed by atoms with Crippen molar-refractivity contribution >= 4 is 35.4 Å². The number of anilines is 1. The molecule has 5 amide bonds. The molecule has 2 N–H and O–H groups in total. The van der Waals surface area contributed by atoms with Gasteiger partial charge in [0.05, 0.1) is 0 Å². The average molecular weight is 586 g/mol. The van der Waals surface area contributed by atoms with E-state index in [1.54, 1.807) is 39.0 Å². The number of azide groups is 1. The van der Waals surface area contributed by atoms with Crippen LogP contribution in [-0.2, 0) is 30.4 Å². The summed E-state index contributed by atoms with van der Waals surface area (Å²) in [6, 6.07) is 4.24. The summed E-state index contributed by atoms with van der Waals surface area (Å²) in [5, 5.41) is 8.60. The first-order valence-corrected chi connectivity index (χ1v) is 14.1. The van der Waals surface area contributed by atoms with E-state index in [4.69, 9.17) is 15.0 Å². The fourth-order valence-electron chi connectivity index (χ4n) is 4.66. The van der Waals surface area contributed by atoms with E-state index in [1.165, 1.54) is 9.80 Å². The molecule has 1 unspecified atom stereocenters. The Morgan fingerprint density at radius 3 is 2.64 bits per heavy atom. The molecule has 0 radical (unpaired) electrons. The standard InChI is InChI=1S/C28H39N7O7/c1-28(2,3)42-27(40)34(14-7-17-41-16-5-4-13-30-33-29)15-12-24(37)31-21-9-6-8-19-20(21)18-35(26(19)39)22-10-11-23(36)32-25(22)38/h6,8-9,22H,4-5,7,10-18H2,1-3H3,(H,31,37)(H,32,36,38). The van der Waals surface area contributed by atoms with Crippen molar-refractivity contribution in [3.05, 3.63) is 39.8 Å². The van der Waals surface area contributed by atoms with Gasteiger partial charge >= 0.3 is 6.09 Å². The van der Waals surface area contributed by atoms with Crippen molar-refractivity contribution in [2.45, 2.75) is 77.5 Å². The molecular formula is C28H39N7O7. The van der Waals surface area contributed by atoms with Crippen LogP contribution in [0.3, 0.4) is 0 Å². The lowest BCUT2D eigenvalue weighted by molar-refractivity contribution is -0.137. The highest BCUT2D eigenvalue weighted by atomic mass is 16.6. The summed E-state index contributed by atoms with van der Waals surface area (Å²) in [7, 11) is 0. The SMILES string of the molecule is CC(C)(C)OC(=O)N(CCCOCCCCN=[N+]=[N-])CCC(=O)Nc1cccc2c1CN(C1CCC(=O)NC1=O)C2=O. The molecule has 1 aromatic rings. The van der Waals surface area contributed by atoms with E-state index >= 15 is 0 Å². The second kappa shape index (κ2) is 15.2. The largest absolute Gasteiger partial charge is 0.444 e. The van der Waals surface area contributed by atoms with Gasteiger partial charge in [-0.25, -0.2) is 4.79 Å². The molecular weight excluding hydrogens is 546 g/mol. The van der Waals surface area contributed by atoms with E-state index in [0.29, 0.717) is 49.5 Å². The van der Waals surface area contributed by atoms with Crippen LogP contribution in [0, 0.1) is 0 Å². The highest BCUT2D eigenvalue weighted by Gasteiger charge is 2.40. The first kappa shape index (κ1) is 32.4. The minimum atomic E-state index is -0.754. The lowest BCUT2D eigenvalue weighted by Crippen LogP contribution is -2.52. The first-order chi connectivity index (χ1) is 20.0. The fourth-order valence-corrected chi connectivity index (χ4v) is 4.66. The minimum absolute atomic E-state index is 0.00597. The number of benzene rings is 1. The summed E-state index contributed by atoms with van der Waals surface area (Å²) in [6.45, 7) is 7.24. The molecule has 1 aromatic carbocycles. The number of imide groups is 1. The van der Waals surface area contributed by atoms with Crippen LogP contribution >= 0.6 is 0 Å². The number of rotatable bonds is 14. The number of carbonyl (C=O) groups is 5. The third-order valence-corrected chi connectivity index (χ3v) is 6.69. The van der Waals surface area contributed by atoms with Crippen LogP contribution in [0.1, 0.15) is 75.2 Å². The number of hydrogen-bond acceptors (Lipinski definition) is 8. The molecule has 14 nitrogen and oxygen atoms in total. The van der Waals surface area contributed by atoms with Crippen LogP contribution in [-0.4, -0.2) is 84.0 Å². The topological polar surface area (TPSA) is 183 Å². The van der Waals surface area contributed by atoms with Gasteiger partial charge in [0.2, 0.25) is 17.7 Å². The smallest absolute Gasteiger partial charge is 0.410 e. The van der Waals surface area contributed by atoms with E-state index in [2.05, 4.69) is 20.7 Å². The van der Waals surface area contributed by atoms with Gasteiger partial charge in [0.1, 0.15) is 11.6 Å². The Kier molecular flexibility index (Phi) is 11.7. The van der Waals surface area contributed by atoms with Crippen LogP contribution in [0.15, 0.2) is 23.3 Å². The van der Waals surface area contributed by atoms with Crippen LogP contribution in [0.4, 0.5) is 10.5 Å². The number of piperidine rings is 1. The van der Waals surface area contributed by atoms with Crippen LogP contribution in [0.25, 0.3) is 10.4 Å². The van der Waals surface area contributed by atoms with E-state index in [9.17, 15) is 24.0 Å². The second-order valence-corrected chi connectivity index (χ2v) is 11.1. The summed E-state index contributed by atoms with van der Waals surface area (Å²) >= 11 is 0. The van der Waals surface area contributed by atoms with Gasteiger partial charge in [-0.2, -0.15) is 0 Å². The summed E-state index contributed by atoms with van der Waals surface area (Å²) < 4.78 is 11.1. The van der Waals surface area contributed by atoms with Crippen molar-refractivity contribution in [2.24, 2.45) is 5.11 Å². The number of fused-ring (bicyclic) bond motifs is 1. The van der Waals surface area contributed by atoms with Crippen molar-refractivity contribution in [1.82, 2.24) is 15.1 Å². The van der Waals surface area contributed by atoms with Crippen molar-refractivity contribution in [1.29, 1.82) is 0 Å². The fraction of sp³-hybridized carbons (Fsp3) is 0.607. The molecule has 3 rings (SSSR count). The summed E-state index contributed by atoms with van der Waals surface area (Å²) in [5.74, 6) is -1.54. The van der Waals surface area contributed by atoms with Crippen molar-refractivity contribution in [3.63, 3.8) is 0 Å². The first-order valence-electron chi connectivity index (χ1n) is 14.1. The van der Waals surface area contributed by atoms with Gasteiger partial charge in [0.25, 0.3) is 5.91 Å². The number of hydrogen-bond donors (Lipinski definition) is 2. The van der Waals surface area contributed by atoms with Crippen molar-refractivity contribution in [2.75, 3.05) is 38.2 Å². The Balaban J connectivity index is 1.55. The number of nitrogens with one attached hydrogen (secondary N) is 2. The zero-order valence-corrected chi connectivity index (χ0v) is 24.4. The van der Waals surface area contributed by atoms with Gasteiger partial charge in [0, 0.05) is 74.0 Å². The molecule has 2 heterocycles. The Morgan fingerprint density at radius 1 is 1.17 bits per heavy atom. The predicted octanol–water partition coefficient (Wildman–Crippen LogP) is 3.51. The van der Waals surface area contributed by atoms with Gasteiger partial charge in [-0.3, -0.25) is 24.5 Å². The van der Waals surface area contributed by atoms with E-state index in [0.717, 1.165) is 12.8 Å². The molecule has 228 valence electrons. The third kappa shape index (κ3) is 9.45. The maximum absolute atomic E-state index is 13.1. The molecule has 0 saturated carbocycles. The third-order valence-electron chi connectivity index (χ3n) is 6.69. The molecule has 0 aromatic heterocycles. The predicted molar refractivity (Wildman–Crippen MR) is 152 cm³/mol. The molecule has 1 saturated heterocycles. The highest BCUT2D eigenvalue weighted by molar-refractivity contribution is 6.06. The maximum atomic E-state index is 13.1. The summed E-state index contributed by atoms with van der Waals surface area (Å²) in [5.41, 5.74) is 9.05. The highest BCUT2D eigenvalue weighted by Crippen LogP contribution is 2.32.